The average molecular weight is 329 g/mol. The Morgan fingerprint density at radius 2 is 1.83 bits per heavy atom. The molecular formula is C19H23NO4. The zero-order valence-corrected chi connectivity index (χ0v) is 13.8. The maximum Gasteiger partial charge on any atom is 0.307 e. The SMILES string of the molecule is COc1ccccc1CCNC(=O)[C@@H]1[C@@H](C(=O)O)[C@H]2C=C[C@H]1CC2. The van der Waals surface area contributed by atoms with E-state index in [1.54, 1.807) is 7.11 Å². The number of hydrogen-bond acceptors (Lipinski definition) is 3. The van der Waals surface area contributed by atoms with Crippen LogP contribution in [0.1, 0.15) is 18.4 Å². The zero-order chi connectivity index (χ0) is 17.1. The summed E-state index contributed by atoms with van der Waals surface area (Å²) in [5.41, 5.74) is 1.03. The number of para-hydroxylation sites is 1. The number of rotatable bonds is 6. The molecule has 0 spiro atoms. The lowest BCUT2D eigenvalue weighted by atomic mass is 9.62. The van der Waals surface area contributed by atoms with Gasteiger partial charge >= 0.3 is 5.97 Å². The normalized spacial score (nSPS) is 27.7. The van der Waals surface area contributed by atoms with Gasteiger partial charge in [-0.25, -0.2) is 0 Å². The first-order valence-electron chi connectivity index (χ1n) is 8.42. The van der Waals surface area contributed by atoms with Crippen molar-refractivity contribution < 1.29 is 19.4 Å². The number of carboxylic acids is 1. The molecule has 24 heavy (non-hydrogen) atoms. The molecule has 4 atom stereocenters. The van der Waals surface area contributed by atoms with Crippen molar-refractivity contribution in [2.24, 2.45) is 23.7 Å². The second-order valence-electron chi connectivity index (χ2n) is 6.53. The third-order valence-corrected chi connectivity index (χ3v) is 5.22. The minimum atomic E-state index is -0.862. The predicted molar refractivity (Wildman–Crippen MR) is 89.7 cm³/mol. The van der Waals surface area contributed by atoms with Gasteiger partial charge in [0.05, 0.1) is 18.9 Å². The van der Waals surface area contributed by atoms with Crippen LogP contribution in [0.5, 0.6) is 5.75 Å². The van der Waals surface area contributed by atoms with Gasteiger partial charge in [0.15, 0.2) is 0 Å². The number of methoxy groups -OCH3 is 1. The number of hydrogen-bond donors (Lipinski definition) is 2. The third kappa shape index (κ3) is 3.16. The van der Waals surface area contributed by atoms with Crippen molar-refractivity contribution in [2.75, 3.05) is 13.7 Å². The van der Waals surface area contributed by atoms with Crippen molar-refractivity contribution >= 4 is 11.9 Å². The van der Waals surface area contributed by atoms with Crippen LogP contribution >= 0.6 is 0 Å². The first-order valence-corrected chi connectivity index (χ1v) is 8.42. The molecule has 3 aliphatic carbocycles. The van der Waals surface area contributed by atoms with Gasteiger partial charge in [-0.1, -0.05) is 30.4 Å². The Balaban J connectivity index is 1.62. The molecule has 0 aliphatic heterocycles. The van der Waals surface area contributed by atoms with Crippen LogP contribution in [-0.4, -0.2) is 30.6 Å². The van der Waals surface area contributed by atoms with Crippen molar-refractivity contribution in [1.29, 1.82) is 0 Å². The summed E-state index contributed by atoms with van der Waals surface area (Å²) in [6.07, 6.45) is 6.42. The van der Waals surface area contributed by atoms with Gasteiger partial charge in [0.2, 0.25) is 5.91 Å². The fraction of sp³-hybridized carbons (Fsp3) is 0.474. The summed E-state index contributed by atoms with van der Waals surface area (Å²) in [5, 5.41) is 12.5. The molecule has 0 radical (unpaired) electrons. The van der Waals surface area contributed by atoms with Crippen LogP contribution in [-0.2, 0) is 16.0 Å². The lowest BCUT2D eigenvalue weighted by Gasteiger charge is -2.41. The molecule has 2 N–H and O–H groups in total. The lowest BCUT2D eigenvalue weighted by Crippen LogP contribution is -2.49. The number of aliphatic carboxylic acids is 1. The molecule has 5 heteroatoms. The van der Waals surface area contributed by atoms with Gasteiger partial charge < -0.3 is 15.2 Å². The van der Waals surface area contributed by atoms with Crippen LogP contribution in [0, 0.1) is 23.7 Å². The first-order chi connectivity index (χ1) is 11.6. The molecule has 0 saturated heterocycles. The summed E-state index contributed by atoms with van der Waals surface area (Å²) >= 11 is 0. The van der Waals surface area contributed by atoms with E-state index in [2.05, 4.69) is 5.32 Å². The summed E-state index contributed by atoms with van der Waals surface area (Å²) < 4.78 is 5.31. The van der Waals surface area contributed by atoms with Crippen LogP contribution in [0.15, 0.2) is 36.4 Å². The Bertz CT molecular complexity index is 655. The number of carboxylic acid groups (broad SMARTS) is 1. The molecular weight excluding hydrogens is 306 g/mol. The smallest absolute Gasteiger partial charge is 0.307 e. The van der Waals surface area contributed by atoms with E-state index in [1.807, 2.05) is 36.4 Å². The van der Waals surface area contributed by atoms with Crippen molar-refractivity contribution in [1.82, 2.24) is 5.32 Å². The topological polar surface area (TPSA) is 75.6 Å². The quantitative estimate of drug-likeness (QED) is 0.785. The maximum absolute atomic E-state index is 12.6. The number of amides is 1. The number of nitrogens with one attached hydrogen (secondary N) is 1. The number of benzene rings is 1. The largest absolute Gasteiger partial charge is 0.496 e. The highest BCUT2D eigenvalue weighted by molar-refractivity contribution is 5.86. The van der Waals surface area contributed by atoms with Crippen LogP contribution < -0.4 is 10.1 Å². The molecule has 1 aromatic rings. The molecule has 1 aromatic carbocycles. The number of allylic oxidation sites excluding steroid dienone is 2. The standard InChI is InChI=1S/C19H23NO4/c1-24-15-5-3-2-4-12(15)10-11-20-18(21)16-13-6-8-14(9-7-13)17(16)19(22)23/h2-6,8,13-14,16-17H,7,9-11H2,1H3,(H,20,21)(H,22,23)/t13-,14-,16-,17-/m0/s1. The Morgan fingerprint density at radius 3 is 2.46 bits per heavy atom. The maximum atomic E-state index is 12.6. The number of carbonyl (C=O) groups excluding carboxylic acids is 1. The third-order valence-electron chi connectivity index (χ3n) is 5.22. The van der Waals surface area contributed by atoms with Gasteiger partial charge in [-0.3, -0.25) is 9.59 Å². The summed E-state index contributed by atoms with van der Waals surface area (Å²) in [6.45, 7) is 0.475. The second kappa shape index (κ2) is 7.07. The molecule has 0 aromatic heterocycles. The van der Waals surface area contributed by atoms with Crippen molar-refractivity contribution in [3.8, 4) is 5.75 Å². The highest BCUT2D eigenvalue weighted by Crippen LogP contribution is 2.45. The minimum absolute atomic E-state index is 0.0162. The first kappa shape index (κ1) is 16.6. The summed E-state index contributed by atoms with van der Waals surface area (Å²) in [5.74, 6) is -1.23. The van der Waals surface area contributed by atoms with Gasteiger partial charge in [0, 0.05) is 6.54 Å². The predicted octanol–water partition coefficient (Wildman–Crippen LogP) is 2.27. The summed E-state index contributed by atoms with van der Waals surface area (Å²) in [6, 6.07) is 7.70. The van der Waals surface area contributed by atoms with Crippen LogP contribution in [0.2, 0.25) is 0 Å². The molecule has 4 rings (SSSR count). The Kier molecular flexibility index (Phi) is 4.88. The molecule has 1 amide bonds. The van der Waals surface area contributed by atoms with Crippen molar-refractivity contribution in [3.63, 3.8) is 0 Å². The lowest BCUT2D eigenvalue weighted by molar-refractivity contribution is -0.152. The molecule has 0 unspecified atom stereocenters. The van der Waals surface area contributed by atoms with Gasteiger partial charge in [-0.2, -0.15) is 0 Å². The number of fused-ring (bicyclic) bond motifs is 2. The Hall–Kier alpha value is -2.30. The van der Waals surface area contributed by atoms with E-state index < -0.39 is 17.8 Å². The van der Waals surface area contributed by atoms with Crippen molar-refractivity contribution in [2.45, 2.75) is 19.3 Å². The van der Waals surface area contributed by atoms with E-state index in [4.69, 9.17) is 4.74 Å². The number of ether oxygens (including phenoxy) is 1. The molecule has 3 aliphatic rings. The monoisotopic (exact) mass is 329 g/mol. The van der Waals surface area contributed by atoms with Gasteiger partial charge in [-0.15, -0.1) is 0 Å². The Labute approximate surface area is 141 Å². The van der Waals surface area contributed by atoms with Crippen LogP contribution in [0.3, 0.4) is 0 Å². The van der Waals surface area contributed by atoms with E-state index in [-0.39, 0.29) is 17.7 Å². The summed E-state index contributed by atoms with van der Waals surface area (Å²) in [7, 11) is 1.62. The zero-order valence-electron chi connectivity index (χ0n) is 13.8. The fourth-order valence-electron chi connectivity index (χ4n) is 4.04. The molecule has 5 nitrogen and oxygen atoms in total. The average Bonchev–Trinajstić information content (AvgIpc) is 2.62. The van der Waals surface area contributed by atoms with Gasteiger partial charge in [0.25, 0.3) is 0 Å². The molecule has 1 fully saturated rings. The second-order valence-corrected chi connectivity index (χ2v) is 6.53. The number of carbonyl (C=O) groups is 2. The van der Waals surface area contributed by atoms with E-state index in [9.17, 15) is 14.7 Å². The van der Waals surface area contributed by atoms with Crippen LogP contribution in [0.25, 0.3) is 0 Å². The molecule has 0 heterocycles. The van der Waals surface area contributed by atoms with E-state index in [1.165, 1.54) is 0 Å². The van der Waals surface area contributed by atoms with Gasteiger partial charge in [0.1, 0.15) is 5.75 Å². The van der Waals surface area contributed by atoms with E-state index >= 15 is 0 Å². The van der Waals surface area contributed by atoms with Gasteiger partial charge in [-0.05, 0) is 42.7 Å². The molecule has 128 valence electrons. The van der Waals surface area contributed by atoms with E-state index in [0.29, 0.717) is 13.0 Å². The van der Waals surface area contributed by atoms with Crippen LogP contribution in [0.4, 0.5) is 0 Å². The Morgan fingerprint density at radius 1 is 1.17 bits per heavy atom. The highest BCUT2D eigenvalue weighted by Gasteiger charge is 2.47. The fourth-order valence-corrected chi connectivity index (χ4v) is 4.04. The molecule has 1 saturated carbocycles. The van der Waals surface area contributed by atoms with Crippen molar-refractivity contribution in [3.05, 3.63) is 42.0 Å². The minimum Gasteiger partial charge on any atom is -0.496 e. The molecule has 2 bridgehead atoms. The van der Waals surface area contributed by atoms with E-state index in [0.717, 1.165) is 24.2 Å². The summed E-state index contributed by atoms with van der Waals surface area (Å²) in [4.78, 5) is 24.2. The highest BCUT2D eigenvalue weighted by atomic mass is 16.5.